The van der Waals surface area contributed by atoms with Crippen molar-refractivity contribution < 1.29 is 19.5 Å². The largest absolute Gasteiger partial charge is 0.550 e. The van der Waals surface area contributed by atoms with Crippen LogP contribution in [0.25, 0.3) is 0 Å². The van der Waals surface area contributed by atoms with E-state index in [4.69, 9.17) is 0 Å². The molecule has 0 aliphatic heterocycles. The first kappa shape index (κ1) is 34.1. The summed E-state index contributed by atoms with van der Waals surface area (Å²) < 4.78 is 0.556. The van der Waals surface area contributed by atoms with Gasteiger partial charge in [-0.15, -0.1) is 0 Å². The molecule has 0 saturated heterocycles. The Morgan fingerprint density at radius 1 is 0.686 bits per heavy atom. The molecule has 0 aromatic carbocycles. The number of aliphatic carboxylic acids is 1. The molecule has 0 saturated carbocycles. The topological polar surface area (TPSA) is 60.4 Å². The van der Waals surface area contributed by atoms with E-state index in [1.54, 1.807) is 0 Å². The molecule has 0 aromatic heterocycles. The number of carboxylic acid groups (broad SMARTS) is 1. The maximum Gasteiger partial charge on any atom is 0.119 e. The lowest BCUT2D eigenvalue weighted by Crippen LogP contribution is -2.51. The minimum Gasteiger partial charge on any atom is -0.550 e. The highest BCUT2D eigenvalue weighted by atomic mass is 16.4. The third-order valence-corrected chi connectivity index (χ3v) is 6.90. The number of rotatable bonds is 26. The van der Waals surface area contributed by atoms with Gasteiger partial charge in [0.1, 0.15) is 12.1 Å². The van der Waals surface area contributed by atoms with E-state index in [1.807, 2.05) is 21.1 Å². The zero-order valence-corrected chi connectivity index (χ0v) is 24.1. The third kappa shape index (κ3) is 26.0. The second-order valence-electron chi connectivity index (χ2n) is 12.0. The van der Waals surface area contributed by atoms with Crippen molar-refractivity contribution in [2.24, 2.45) is 0 Å². The van der Waals surface area contributed by atoms with Crippen molar-refractivity contribution in [2.45, 2.75) is 154 Å². The second-order valence-corrected chi connectivity index (χ2v) is 12.0. The summed E-state index contributed by atoms with van der Waals surface area (Å²) in [6.07, 6.45) is 31.2. The number of carboxylic acids is 1. The van der Waals surface area contributed by atoms with E-state index in [-0.39, 0.29) is 6.42 Å². The van der Waals surface area contributed by atoms with Gasteiger partial charge in [0.2, 0.25) is 0 Å². The van der Waals surface area contributed by atoms with Crippen LogP contribution < -0.4 is 5.11 Å². The number of carbonyl (C=O) groups is 1. The molecule has 208 valence electrons. The molecule has 1 atom stereocenters. The van der Waals surface area contributed by atoms with Gasteiger partial charge in [-0.3, -0.25) is 0 Å². The SMILES string of the molecule is CCCCCCCC/C=C\CCCCCCCCCCCCCCC(O)(CC(=O)[O-])C[N+](C)(C)C. The molecule has 0 heterocycles. The van der Waals surface area contributed by atoms with Crippen LogP contribution in [0.2, 0.25) is 0 Å². The number of carbonyl (C=O) groups excluding carboxylic acids is 1. The van der Waals surface area contributed by atoms with E-state index in [1.165, 1.54) is 116 Å². The Bertz CT molecular complexity index is 512. The van der Waals surface area contributed by atoms with Crippen molar-refractivity contribution in [2.75, 3.05) is 27.7 Å². The minimum absolute atomic E-state index is 0.265. The molecule has 1 N–H and O–H groups in total. The van der Waals surface area contributed by atoms with Crippen LogP contribution in [-0.4, -0.2) is 48.8 Å². The van der Waals surface area contributed by atoms with Gasteiger partial charge in [0.15, 0.2) is 0 Å². The summed E-state index contributed by atoms with van der Waals surface area (Å²) in [5.41, 5.74) is -1.15. The monoisotopic (exact) mass is 495 g/mol. The molecule has 0 amide bonds. The molecule has 0 aromatic rings. The molecule has 35 heavy (non-hydrogen) atoms. The Hall–Kier alpha value is -0.870. The van der Waals surface area contributed by atoms with Crippen molar-refractivity contribution in [3.8, 4) is 0 Å². The van der Waals surface area contributed by atoms with Gasteiger partial charge in [-0.2, -0.15) is 0 Å². The highest BCUT2D eigenvalue weighted by molar-refractivity contribution is 5.65. The van der Waals surface area contributed by atoms with Crippen molar-refractivity contribution in [1.82, 2.24) is 0 Å². The van der Waals surface area contributed by atoms with Gasteiger partial charge in [0, 0.05) is 12.4 Å². The fourth-order valence-electron chi connectivity index (χ4n) is 5.14. The molecule has 0 rings (SSSR count). The van der Waals surface area contributed by atoms with Crippen LogP contribution in [0.15, 0.2) is 12.2 Å². The maximum absolute atomic E-state index is 11.0. The lowest BCUT2D eigenvalue weighted by molar-refractivity contribution is -0.877. The highest BCUT2D eigenvalue weighted by Crippen LogP contribution is 2.22. The van der Waals surface area contributed by atoms with Gasteiger partial charge in [-0.25, -0.2) is 0 Å². The Labute approximate surface area is 219 Å². The van der Waals surface area contributed by atoms with Gasteiger partial charge in [-0.1, -0.05) is 122 Å². The first-order valence-corrected chi connectivity index (χ1v) is 15.1. The fourth-order valence-corrected chi connectivity index (χ4v) is 5.14. The first-order chi connectivity index (χ1) is 16.7. The molecule has 0 aliphatic rings. The fraction of sp³-hybridized carbons (Fsp3) is 0.903. The van der Waals surface area contributed by atoms with E-state index < -0.39 is 11.6 Å². The van der Waals surface area contributed by atoms with E-state index >= 15 is 0 Å². The number of likely N-dealkylation sites (N-methyl/N-ethyl adjacent to an activating group) is 1. The van der Waals surface area contributed by atoms with Crippen LogP contribution >= 0.6 is 0 Å². The molecular weight excluding hydrogens is 434 g/mol. The summed E-state index contributed by atoms with van der Waals surface area (Å²) in [4.78, 5) is 11.0. The van der Waals surface area contributed by atoms with E-state index in [9.17, 15) is 15.0 Å². The third-order valence-electron chi connectivity index (χ3n) is 6.90. The number of hydrogen-bond acceptors (Lipinski definition) is 3. The maximum atomic E-state index is 11.0. The van der Waals surface area contributed by atoms with Crippen LogP contribution in [0.5, 0.6) is 0 Å². The second kappa shape index (κ2) is 22.3. The van der Waals surface area contributed by atoms with Gasteiger partial charge in [0.05, 0.1) is 21.1 Å². The highest BCUT2D eigenvalue weighted by Gasteiger charge is 2.33. The molecule has 4 heteroatoms. The first-order valence-electron chi connectivity index (χ1n) is 15.1. The zero-order valence-electron chi connectivity index (χ0n) is 24.1. The quantitative estimate of drug-likeness (QED) is 0.0776. The predicted molar refractivity (Wildman–Crippen MR) is 149 cm³/mol. The molecule has 0 spiro atoms. The molecule has 0 fully saturated rings. The number of nitrogens with zero attached hydrogens (tertiary/aromatic N) is 1. The number of quaternary nitrogens is 1. The van der Waals surface area contributed by atoms with E-state index in [0.717, 1.165) is 12.8 Å². The molecule has 0 radical (unpaired) electrons. The van der Waals surface area contributed by atoms with Crippen LogP contribution in [0.3, 0.4) is 0 Å². The van der Waals surface area contributed by atoms with Crippen molar-refractivity contribution in [1.29, 1.82) is 0 Å². The van der Waals surface area contributed by atoms with Crippen LogP contribution in [0, 0.1) is 0 Å². The summed E-state index contributed by atoms with van der Waals surface area (Å²) in [5, 5.41) is 21.8. The van der Waals surface area contributed by atoms with Crippen LogP contribution in [0.1, 0.15) is 148 Å². The Morgan fingerprint density at radius 2 is 1.06 bits per heavy atom. The minimum atomic E-state index is -1.16. The van der Waals surface area contributed by atoms with Crippen molar-refractivity contribution >= 4 is 5.97 Å². The number of hydrogen-bond donors (Lipinski definition) is 1. The Balaban J connectivity index is 3.46. The van der Waals surface area contributed by atoms with Crippen LogP contribution in [-0.2, 0) is 4.79 Å². The Morgan fingerprint density at radius 3 is 1.43 bits per heavy atom. The summed E-state index contributed by atoms with van der Waals surface area (Å²) >= 11 is 0. The molecule has 0 aliphatic carbocycles. The van der Waals surface area contributed by atoms with Crippen LogP contribution in [0.4, 0.5) is 0 Å². The van der Waals surface area contributed by atoms with E-state index in [0.29, 0.717) is 17.4 Å². The summed E-state index contributed by atoms with van der Waals surface area (Å²) in [7, 11) is 5.95. The average molecular weight is 496 g/mol. The summed E-state index contributed by atoms with van der Waals surface area (Å²) in [6.45, 7) is 2.72. The smallest absolute Gasteiger partial charge is 0.119 e. The van der Waals surface area contributed by atoms with E-state index in [2.05, 4.69) is 19.1 Å². The van der Waals surface area contributed by atoms with Crippen molar-refractivity contribution in [3.63, 3.8) is 0 Å². The van der Waals surface area contributed by atoms with Gasteiger partial charge < -0.3 is 19.5 Å². The molecular formula is C31H61NO3. The molecule has 0 bridgehead atoms. The van der Waals surface area contributed by atoms with Gasteiger partial charge in [0.25, 0.3) is 0 Å². The number of aliphatic hydroxyl groups is 1. The standard InChI is InChI=1S/C31H61NO3/c1-5-6-7-8-9-10-11-12-13-14-15-16-17-18-19-20-21-22-23-24-25-26-27-31(35,28-30(33)34)29-32(2,3)4/h12-13,35H,5-11,14-29H2,1-4H3/b13-12-. The lowest BCUT2D eigenvalue weighted by Gasteiger charge is -2.36. The van der Waals surface area contributed by atoms with Gasteiger partial charge in [-0.05, 0) is 32.1 Å². The van der Waals surface area contributed by atoms with Gasteiger partial charge >= 0.3 is 0 Å². The Kier molecular flexibility index (Phi) is 21.8. The molecule has 4 nitrogen and oxygen atoms in total. The number of allylic oxidation sites excluding steroid dienone is 2. The lowest BCUT2D eigenvalue weighted by atomic mass is 9.91. The molecule has 1 unspecified atom stereocenters. The zero-order chi connectivity index (χ0) is 26.3. The summed E-state index contributed by atoms with van der Waals surface area (Å²) in [6, 6.07) is 0. The van der Waals surface area contributed by atoms with Crippen molar-refractivity contribution in [3.05, 3.63) is 12.2 Å². The summed E-state index contributed by atoms with van der Waals surface area (Å²) in [5.74, 6) is -1.16. The normalized spacial score (nSPS) is 14.0. The predicted octanol–water partition coefficient (Wildman–Crippen LogP) is 7.33. The average Bonchev–Trinajstić information content (AvgIpc) is 2.75. The number of unbranched alkanes of at least 4 members (excludes halogenated alkanes) is 18.